The van der Waals surface area contributed by atoms with E-state index in [1.165, 1.54) is 0 Å². The molecule has 1 aromatic heterocycles. The molecule has 0 aliphatic carbocycles. The van der Waals surface area contributed by atoms with Crippen LogP contribution in [0.5, 0.6) is 5.75 Å². The van der Waals surface area contributed by atoms with Crippen molar-refractivity contribution in [1.82, 2.24) is 4.98 Å². The van der Waals surface area contributed by atoms with Crippen LogP contribution in [0.15, 0.2) is 29.6 Å². The van der Waals surface area contributed by atoms with E-state index >= 15 is 0 Å². The van der Waals surface area contributed by atoms with Crippen LogP contribution in [0.25, 0.3) is 0 Å². The fourth-order valence-electron chi connectivity index (χ4n) is 1.48. The first-order valence-electron chi connectivity index (χ1n) is 5.94. The number of ether oxygens (including phenoxy) is 1. The van der Waals surface area contributed by atoms with Gasteiger partial charge in [-0.1, -0.05) is 13.0 Å². The zero-order valence-corrected chi connectivity index (χ0v) is 11.2. The average Bonchev–Trinajstić information content (AvgIpc) is 2.83. The molecule has 4 nitrogen and oxygen atoms in total. The molecule has 1 aromatic carbocycles. The normalized spacial score (nSPS) is 10.3. The van der Waals surface area contributed by atoms with Crippen LogP contribution in [0, 0.1) is 0 Å². The maximum atomic E-state index is 5.67. The summed E-state index contributed by atoms with van der Waals surface area (Å²) in [7, 11) is 0. The predicted octanol–water partition coefficient (Wildman–Crippen LogP) is 2.78. The van der Waals surface area contributed by atoms with Gasteiger partial charge in [-0.2, -0.15) is 0 Å². The van der Waals surface area contributed by atoms with Crippen molar-refractivity contribution in [3.8, 4) is 5.75 Å². The van der Waals surface area contributed by atoms with Gasteiger partial charge in [-0.05, 0) is 18.6 Å². The van der Waals surface area contributed by atoms with Crippen molar-refractivity contribution >= 4 is 22.2 Å². The summed E-state index contributed by atoms with van der Waals surface area (Å²) in [6, 6.07) is 7.44. The van der Waals surface area contributed by atoms with Gasteiger partial charge in [0.1, 0.15) is 12.4 Å². The molecular formula is C13H17N3OS. The number of aromatic nitrogens is 1. The summed E-state index contributed by atoms with van der Waals surface area (Å²) in [4.78, 5) is 4.42. The summed E-state index contributed by atoms with van der Waals surface area (Å²) in [6.45, 7) is 3.41. The minimum absolute atomic E-state index is 0.588. The first-order chi connectivity index (χ1) is 8.78. The smallest absolute Gasteiger partial charge is 0.182 e. The molecule has 3 N–H and O–H groups in total. The van der Waals surface area contributed by atoms with Gasteiger partial charge in [0.05, 0.1) is 12.2 Å². The highest BCUT2D eigenvalue weighted by Gasteiger charge is 1.99. The third-order valence-electron chi connectivity index (χ3n) is 2.42. The quantitative estimate of drug-likeness (QED) is 0.621. The Bertz CT molecular complexity index is 498. The van der Waals surface area contributed by atoms with Crippen molar-refractivity contribution < 1.29 is 4.74 Å². The lowest BCUT2D eigenvalue weighted by Gasteiger charge is -2.07. The Morgan fingerprint density at radius 3 is 3.06 bits per heavy atom. The number of nitrogens with zero attached hydrogens (tertiary/aromatic N) is 1. The Morgan fingerprint density at radius 1 is 1.44 bits per heavy atom. The largest absolute Gasteiger partial charge is 0.492 e. The molecule has 0 unspecified atom stereocenters. The molecule has 1 heterocycles. The summed E-state index contributed by atoms with van der Waals surface area (Å²) >= 11 is 1.63. The van der Waals surface area contributed by atoms with E-state index in [9.17, 15) is 0 Å². The minimum atomic E-state index is 0.588. The van der Waals surface area contributed by atoms with Gasteiger partial charge in [0.25, 0.3) is 0 Å². The monoisotopic (exact) mass is 263 g/mol. The van der Waals surface area contributed by atoms with Crippen molar-refractivity contribution in [3.63, 3.8) is 0 Å². The van der Waals surface area contributed by atoms with E-state index < -0.39 is 0 Å². The molecule has 0 saturated heterocycles. The lowest BCUT2D eigenvalue weighted by atomic mass is 10.3. The Balaban J connectivity index is 1.72. The second-order valence-electron chi connectivity index (χ2n) is 3.85. The molecule has 0 fully saturated rings. The van der Waals surface area contributed by atoms with Crippen molar-refractivity contribution in [1.29, 1.82) is 0 Å². The van der Waals surface area contributed by atoms with Crippen molar-refractivity contribution in [2.45, 2.75) is 13.3 Å². The third kappa shape index (κ3) is 3.63. The zero-order chi connectivity index (χ0) is 12.8. The summed E-state index contributed by atoms with van der Waals surface area (Å²) in [5, 5.41) is 6.25. The number of nitrogens with two attached hydrogens (primary N) is 1. The molecule has 0 saturated carbocycles. The van der Waals surface area contributed by atoms with Gasteiger partial charge in [-0.25, -0.2) is 4.98 Å². The standard InChI is InChI=1S/C13H17N3OS/c1-2-11-9-18-13(16-11)15-6-7-17-12-5-3-4-10(14)8-12/h3-5,8-9H,2,6-7,14H2,1H3,(H,15,16). The number of rotatable bonds is 6. The van der Waals surface area contributed by atoms with Gasteiger partial charge in [0.2, 0.25) is 0 Å². The van der Waals surface area contributed by atoms with Crippen molar-refractivity contribution in [3.05, 3.63) is 35.3 Å². The van der Waals surface area contributed by atoms with E-state index in [2.05, 4.69) is 22.6 Å². The van der Waals surface area contributed by atoms with Crippen LogP contribution in [-0.2, 0) is 6.42 Å². The third-order valence-corrected chi connectivity index (χ3v) is 3.27. The topological polar surface area (TPSA) is 60.2 Å². The highest BCUT2D eigenvalue weighted by Crippen LogP contribution is 2.16. The molecule has 0 atom stereocenters. The van der Waals surface area contributed by atoms with E-state index in [1.54, 1.807) is 11.3 Å². The lowest BCUT2D eigenvalue weighted by Crippen LogP contribution is -2.11. The predicted molar refractivity (Wildman–Crippen MR) is 76.3 cm³/mol. The fourth-order valence-corrected chi connectivity index (χ4v) is 2.30. The maximum absolute atomic E-state index is 5.67. The van der Waals surface area contributed by atoms with E-state index in [0.717, 1.165) is 29.5 Å². The van der Waals surface area contributed by atoms with Gasteiger partial charge < -0.3 is 15.8 Å². The van der Waals surface area contributed by atoms with Gasteiger partial charge in [-0.3, -0.25) is 0 Å². The highest BCUT2D eigenvalue weighted by atomic mass is 32.1. The highest BCUT2D eigenvalue weighted by molar-refractivity contribution is 7.13. The first kappa shape index (κ1) is 12.7. The Labute approximate surface area is 111 Å². The van der Waals surface area contributed by atoms with E-state index in [-0.39, 0.29) is 0 Å². The van der Waals surface area contributed by atoms with Gasteiger partial charge in [0, 0.05) is 17.1 Å². The van der Waals surface area contributed by atoms with E-state index in [4.69, 9.17) is 10.5 Å². The average molecular weight is 263 g/mol. The molecule has 5 heteroatoms. The number of nitrogens with one attached hydrogen (secondary N) is 1. The van der Waals surface area contributed by atoms with Crippen LogP contribution in [0.1, 0.15) is 12.6 Å². The van der Waals surface area contributed by atoms with E-state index in [1.807, 2.05) is 24.3 Å². The number of anilines is 2. The zero-order valence-electron chi connectivity index (χ0n) is 10.3. The molecule has 0 aliphatic heterocycles. The van der Waals surface area contributed by atoms with Crippen LogP contribution in [0.3, 0.4) is 0 Å². The van der Waals surface area contributed by atoms with Crippen LogP contribution in [-0.4, -0.2) is 18.1 Å². The molecule has 0 amide bonds. The molecule has 0 spiro atoms. The molecule has 18 heavy (non-hydrogen) atoms. The Hall–Kier alpha value is -1.75. The van der Waals surface area contributed by atoms with Crippen LogP contribution < -0.4 is 15.8 Å². The molecule has 0 bridgehead atoms. The van der Waals surface area contributed by atoms with Crippen LogP contribution >= 0.6 is 11.3 Å². The Kier molecular flexibility index (Phi) is 4.41. The SMILES string of the molecule is CCc1csc(NCCOc2cccc(N)c2)n1. The summed E-state index contributed by atoms with van der Waals surface area (Å²) in [5.41, 5.74) is 7.51. The van der Waals surface area contributed by atoms with Crippen LogP contribution in [0.4, 0.5) is 10.8 Å². The fraction of sp³-hybridized carbons (Fsp3) is 0.308. The first-order valence-corrected chi connectivity index (χ1v) is 6.82. The summed E-state index contributed by atoms with van der Waals surface area (Å²) in [5.74, 6) is 0.796. The molecule has 2 rings (SSSR count). The van der Waals surface area contributed by atoms with Crippen molar-refractivity contribution in [2.24, 2.45) is 0 Å². The number of thiazole rings is 1. The van der Waals surface area contributed by atoms with Crippen LogP contribution in [0.2, 0.25) is 0 Å². The van der Waals surface area contributed by atoms with Gasteiger partial charge in [0.15, 0.2) is 5.13 Å². The lowest BCUT2D eigenvalue weighted by molar-refractivity contribution is 0.333. The minimum Gasteiger partial charge on any atom is -0.492 e. The molecule has 0 radical (unpaired) electrons. The Morgan fingerprint density at radius 2 is 2.33 bits per heavy atom. The molecule has 0 aliphatic rings. The number of hydrogen-bond acceptors (Lipinski definition) is 5. The number of hydrogen-bond donors (Lipinski definition) is 2. The summed E-state index contributed by atoms with van der Waals surface area (Å²) < 4.78 is 5.58. The maximum Gasteiger partial charge on any atom is 0.182 e. The van der Waals surface area contributed by atoms with Gasteiger partial charge in [-0.15, -0.1) is 11.3 Å². The number of aryl methyl sites for hydroxylation is 1. The summed E-state index contributed by atoms with van der Waals surface area (Å²) in [6.07, 6.45) is 0.970. The molecule has 96 valence electrons. The second kappa shape index (κ2) is 6.26. The number of benzene rings is 1. The number of nitrogen functional groups attached to an aromatic ring is 1. The molecular weight excluding hydrogens is 246 g/mol. The second-order valence-corrected chi connectivity index (χ2v) is 4.70. The van der Waals surface area contributed by atoms with Gasteiger partial charge >= 0.3 is 0 Å². The van der Waals surface area contributed by atoms with E-state index in [0.29, 0.717) is 12.3 Å². The molecule has 2 aromatic rings. The van der Waals surface area contributed by atoms with Crippen molar-refractivity contribution in [2.75, 3.05) is 24.2 Å².